The highest BCUT2D eigenvalue weighted by Gasteiger charge is 2.27. The molecule has 7 heteroatoms. The second kappa shape index (κ2) is 9.45. The van der Waals surface area contributed by atoms with Crippen molar-refractivity contribution in [2.24, 2.45) is 0 Å². The number of sulfonamides is 1. The normalized spacial score (nSPS) is 12.2. The van der Waals surface area contributed by atoms with E-state index in [9.17, 15) is 13.2 Å². The van der Waals surface area contributed by atoms with E-state index in [0.717, 1.165) is 19.9 Å². The van der Waals surface area contributed by atoms with Crippen molar-refractivity contribution in [2.75, 3.05) is 10.8 Å². The van der Waals surface area contributed by atoms with Crippen molar-refractivity contribution in [1.82, 2.24) is 5.32 Å². The molecule has 30 heavy (non-hydrogen) atoms. The standard InChI is InChI=1S/C23H23BrN2O3S/c1-17-8-10-19(11-9-17)18(2)25-23(27)16-26(21-14-12-20(24)13-15-21)30(28,29)22-6-4-3-5-7-22/h3-15,18H,16H2,1-2H3,(H,25,27). The number of carbonyl (C=O) groups is 1. The van der Waals surface area contributed by atoms with Crippen molar-refractivity contribution in [3.63, 3.8) is 0 Å². The number of nitrogens with one attached hydrogen (secondary N) is 1. The number of hydrogen-bond donors (Lipinski definition) is 1. The van der Waals surface area contributed by atoms with Crippen LogP contribution in [-0.2, 0) is 14.8 Å². The topological polar surface area (TPSA) is 66.5 Å². The van der Waals surface area contributed by atoms with Crippen LogP contribution in [0.3, 0.4) is 0 Å². The summed E-state index contributed by atoms with van der Waals surface area (Å²) in [6.45, 7) is 3.55. The van der Waals surface area contributed by atoms with Gasteiger partial charge in [-0.2, -0.15) is 0 Å². The van der Waals surface area contributed by atoms with Gasteiger partial charge in [0.15, 0.2) is 0 Å². The van der Waals surface area contributed by atoms with E-state index in [0.29, 0.717) is 5.69 Å². The number of amides is 1. The van der Waals surface area contributed by atoms with Crippen LogP contribution in [0, 0.1) is 6.92 Å². The van der Waals surface area contributed by atoms with Gasteiger partial charge >= 0.3 is 0 Å². The van der Waals surface area contributed by atoms with E-state index < -0.39 is 10.0 Å². The van der Waals surface area contributed by atoms with Gasteiger partial charge in [0.05, 0.1) is 16.6 Å². The number of nitrogens with zero attached hydrogens (tertiary/aromatic N) is 1. The quantitative estimate of drug-likeness (QED) is 0.519. The van der Waals surface area contributed by atoms with Crippen molar-refractivity contribution in [3.8, 4) is 0 Å². The summed E-state index contributed by atoms with van der Waals surface area (Å²) >= 11 is 3.36. The lowest BCUT2D eigenvalue weighted by Gasteiger charge is -2.25. The second-order valence-corrected chi connectivity index (χ2v) is 9.78. The minimum absolute atomic E-state index is 0.132. The third kappa shape index (κ3) is 5.29. The predicted octanol–water partition coefficient (Wildman–Crippen LogP) is 4.83. The van der Waals surface area contributed by atoms with Gasteiger partial charge in [0.25, 0.3) is 10.0 Å². The number of hydrogen-bond acceptors (Lipinski definition) is 3. The van der Waals surface area contributed by atoms with Crippen LogP contribution >= 0.6 is 15.9 Å². The molecule has 156 valence electrons. The lowest BCUT2D eigenvalue weighted by molar-refractivity contribution is -0.120. The van der Waals surface area contributed by atoms with Gasteiger partial charge in [-0.3, -0.25) is 9.10 Å². The summed E-state index contributed by atoms with van der Waals surface area (Å²) in [6.07, 6.45) is 0. The zero-order valence-electron chi connectivity index (χ0n) is 16.7. The summed E-state index contributed by atoms with van der Waals surface area (Å²) in [6, 6.07) is 22.6. The van der Waals surface area contributed by atoms with Crippen LogP contribution in [0.25, 0.3) is 0 Å². The molecule has 1 atom stereocenters. The molecule has 0 aliphatic heterocycles. The van der Waals surface area contributed by atoms with Crippen LogP contribution in [0.15, 0.2) is 88.2 Å². The minimum Gasteiger partial charge on any atom is -0.348 e. The highest BCUT2D eigenvalue weighted by molar-refractivity contribution is 9.10. The Morgan fingerprint density at radius 2 is 1.57 bits per heavy atom. The molecule has 0 aliphatic carbocycles. The van der Waals surface area contributed by atoms with E-state index in [4.69, 9.17) is 0 Å². The van der Waals surface area contributed by atoms with E-state index in [-0.39, 0.29) is 23.4 Å². The Labute approximate surface area is 185 Å². The molecule has 3 aromatic carbocycles. The largest absolute Gasteiger partial charge is 0.348 e. The zero-order chi connectivity index (χ0) is 21.7. The molecule has 0 saturated heterocycles. The smallest absolute Gasteiger partial charge is 0.264 e. The number of benzene rings is 3. The summed E-state index contributed by atoms with van der Waals surface area (Å²) in [5.41, 5.74) is 2.50. The maximum atomic E-state index is 13.3. The van der Waals surface area contributed by atoms with Crippen molar-refractivity contribution < 1.29 is 13.2 Å². The molecular weight excluding hydrogens is 464 g/mol. The molecule has 0 fully saturated rings. The summed E-state index contributed by atoms with van der Waals surface area (Å²) in [4.78, 5) is 12.9. The van der Waals surface area contributed by atoms with Gasteiger partial charge in [0.2, 0.25) is 5.91 Å². The van der Waals surface area contributed by atoms with Crippen LogP contribution in [0.1, 0.15) is 24.1 Å². The third-order valence-corrected chi connectivity index (χ3v) is 7.00. The Hall–Kier alpha value is -2.64. The molecule has 1 unspecified atom stereocenters. The number of aryl methyl sites for hydroxylation is 1. The first-order valence-corrected chi connectivity index (χ1v) is 11.7. The molecule has 5 nitrogen and oxygen atoms in total. The van der Waals surface area contributed by atoms with E-state index >= 15 is 0 Å². The Balaban J connectivity index is 1.86. The molecule has 0 aliphatic rings. The fourth-order valence-corrected chi connectivity index (χ4v) is 4.70. The zero-order valence-corrected chi connectivity index (χ0v) is 19.2. The summed E-state index contributed by atoms with van der Waals surface area (Å²) < 4.78 is 28.5. The number of rotatable bonds is 7. The molecule has 3 rings (SSSR count). The van der Waals surface area contributed by atoms with Gasteiger partial charge in [-0.25, -0.2) is 8.42 Å². The second-order valence-electron chi connectivity index (χ2n) is 7.00. The molecular formula is C23H23BrN2O3S. The maximum absolute atomic E-state index is 13.3. The Kier molecular flexibility index (Phi) is 6.95. The van der Waals surface area contributed by atoms with E-state index in [1.54, 1.807) is 42.5 Å². The van der Waals surface area contributed by atoms with Gasteiger partial charge < -0.3 is 5.32 Å². The highest BCUT2D eigenvalue weighted by Crippen LogP contribution is 2.25. The Morgan fingerprint density at radius 1 is 0.967 bits per heavy atom. The molecule has 0 spiro atoms. The average Bonchev–Trinajstić information content (AvgIpc) is 2.74. The van der Waals surface area contributed by atoms with Crippen molar-refractivity contribution in [3.05, 3.63) is 94.5 Å². The molecule has 0 heterocycles. The van der Waals surface area contributed by atoms with E-state index in [2.05, 4.69) is 21.2 Å². The molecule has 1 N–H and O–H groups in total. The minimum atomic E-state index is -3.91. The first-order chi connectivity index (χ1) is 14.3. The Morgan fingerprint density at radius 3 is 2.17 bits per heavy atom. The van der Waals surface area contributed by atoms with Gasteiger partial charge in [-0.15, -0.1) is 0 Å². The first-order valence-electron chi connectivity index (χ1n) is 9.46. The maximum Gasteiger partial charge on any atom is 0.264 e. The summed E-state index contributed by atoms with van der Waals surface area (Å²) in [7, 11) is -3.91. The predicted molar refractivity (Wildman–Crippen MR) is 123 cm³/mol. The monoisotopic (exact) mass is 486 g/mol. The number of carbonyl (C=O) groups excluding carboxylic acids is 1. The van der Waals surface area contributed by atoms with Crippen LogP contribution in [0.4, 0.5) is 5.69 Å². The lowest BCUT2D eigenvalue weighted by atomic mass is 10.1. The molecule has 3 aromatic rings. The van der Waals surface area contributed by atoms with Crippen LogP contribution in [-0.4, -0.2) is 20.9 Å². The molecule has 1 amide bonds. The fourth-order valence-electron chi connectivity index (χ4n) is 3.00. The van der Waals surface area contributed by atoms with Gasteiger partial charge in [0, 0.05) is 4.47 Å². The third-order valence-electron chi connectivity index (χ3n) is 4.69. The number of anilines is 1. The molecule has 0 aromatic heterocycles. The summed E-state index contributed by atoms with van der Waals surface area (Å²) in [5.74, 6) is -0.384. The van der Waals surface area contributed by atoms with Crippen molar-refractivity contribution in [1.29, 1.82) is 0 Å². The first kappa shape index (κ1) is 22.1. The SMILES string of the molecule is Cc1ccc(C(C)NC(=O)CN(c2ccc(Br)cc2)S(=O)(=O)c2ccccc2)cc1. The average molecular weight is 487 g/mol. The molecule has 0 bridgehead atoms. The molecule has 0 radical (unpaired) electrons. The van der Waals surface area contributed by atoms with E-state index in [1.165, 1.54) is 12.1 Å². The lowest BCUT2D eigenvalue weighted by Crippen LogP contribution is -2.41. The molecule has 0 saturated carbocycles. The van der Waals surface area contributed by atoms with Crippen molar-refractivity contribution in [2.45, 2.75) is 24.8 Å². The highest BCUT2D eigenvalue weighted by atomic mass is 79.9. The van der Waals surface area contributed by atoms with Gasteiger partial charge in [-0.1, -0.05) is 64.0 Å². The van der Waals surface area contributed by atoms with Crippen LogP contribution in [0.2, 0.25) is 0 Å². The summed E-state index contributed by atoms with van der Waals surface area (Å²) in [5, 5.41) is 2.90. The number of halogens is 1. The fraction of sp³-hybridized carbons (Fsp3) is 0.174. The van der Waals surface area contributed by atoms with E-state index in [1.807, 2.05) is 38.1 Å². The Bertz CT molecular complexity index is 1100. The van der Waals surface area contributed by atoms with Crippen LogP contribution in [0.5, 0.6) is 0 Å². The van der Waals surface area contributed by atoms with Gasteiger partial charge in [-0.05, 0) is 55.8 Å². The van der Waals surface area contributed by atoms with Gasteiger partial charge in [0.1, 0.15) is 6.54 Å². The van der Waals surface area contributed by atoms with Crippen LogP contribution < -0.4 is 9.62 Å². The van der Waals surface area contributed by atoms with Crippen molar-refractivity contribution >= 4 is 37.5 Å².